The van der Waals surface area contributed by atoms with E-state index < -0.39 is 0 Å². The van der Waals surface area contributed by atoms with Gasteiger partial charge in [0, 0.05) is 16.1 Å². The molecule has 0 bridgehead atoms. The molecule has 0 aromatic heterocycles. The summed E-state index contributed by atoms with van der Waals surface area (Å²) in [4.78, 5) is 0. The second kappa shape index (κ2) is 7.30. The Morgan fingerprint density at radius 1 is 1.17 bits per heavy atom. The summed E-state index contributed by atoms with van der Waals surface area (Å²) >= 11 is 3.48. The highest BCUT2D eigenvalue weighted by Crippen LogP contribution is 2.23. The van der Waals surface area contributed by atoms with E-state index in [1.807, 2.05) is 0 Å². The molecule has 102 valence electrons. The third kappa shape index (κ3) is 5.11. The van der Waals surface area contributed by atoms with Crippen LogP contribution in [0.4, 0.5) is 0 Å². The van der Waals surface area contributed by atoms with Crippen molar-refractivity contribution in [2.24, 2.45) is 0 Å². The maximum atomic E-state index is 3.74. The largest absolute Gasteiger partial charge is 0.305 e. The molecule has 0 heterocycles. The van der Waals surface area contributed by atoms with Crippen molar-refractivity contribution >= 4 is 15.9 Å². The molecular weight excluding hydrogens is 286 g/mol. The van der Waals surface area contributed by atoms with Crippen LogP contribution in [0.15, 0.2) is 28.7 Å². The van der Waals surface area contributed by atoms with Crippen molar-refractivity contribution in [3.63, 3.8) is 0 Å². The summed E-state index contributed by atoms with van der Waals surface area (Å²) in [5.74, 6) is 0. The molecule has 18 heavy (non-hydrogen) atoms. The number of unbranched alkanes of at least 4 members (excludes halogenated alkanes) is 2. The Hall–Kier alpha value is -0.340. The van der Waals surface area contributed by atoms with E-state index in [0.717, 1.165) is 4.47 Å². The molecule has 0 aliphatic heterocycles. The average molecular weight is 312 g/mol. The van der Waals surface area contributed by atoms with Crippen LogP contribution in [-0.4, -0.2) is 6.04 Å². The van der Waals surface area contributed by atoms with Crippen LogP contribution in [0, 0.1) is 0 Å². The zero-order valence-electron chi connectivity index (χ0n) is 12.1. The van der Waals surface area contributed by atoms with E-state index in [9.17, 15) is 0 Å². The Labute approximate surface area is 120 Å². The van der Waals surface area contributed by atoms with Crippen LogP contribution >= 0.6 is 15.9 Å². The third-order valence-electron chi connectivity index (χ3n) is 3.41. The Morgan fingerprint density at radius 3 is 2.33 bits per heavy atom. The van der Waals surface area contributed by atoms with E-state index >= 15 is 0 Å². The second-order valence-corrected chi connectivity index (χ2v) is 6.59. The van der Waals surface area contributed by atoms with E-state index in [-0.39, 0.29) is 5.54 Å². The van der Waals surface area contributed by atoms with Crippen LogP contribution in [0.1, 0.15) is 58.9 Å². The predicted molar refractivity (Wildman–Crippen MR) is 83.9 cm³/mol. The van der Waals surface area contributed by atoms with E-state index in [1.165, 1.54) is 31.2 Å². The SMILES string of the molecule is CCCCCC(C)NC(C)(C)c1ccc(Br)cc1. The van der Waals surface area contributed by atoms with Crippen molar-refractivity contribution in [3.8, 4) is 0 Å². The number of benzene rings is 1. The Morgan fingerprint density at radius 2 is 1.78 bits per heavy atom. The van der Waals surface area contributed by atoms with Gasteiger partial charge < -0.3 is 5.32 Å². The van der Waals surface area contributed by atoms with Gasteiger partial charge in [-0.25, -0.2) is 0 Å². The summed E-state index contributed by atoms with van der Waals surface area (Å²) in [5.41, 5.74) is 1.37. The normalized spacial score (nSPS) is 13.6. The molecule has 0 fully saturated rings. The zero-order valence-corrected chi connectivity index (χ0v) is 13.7. The summed E-state index contributed by atoms with van der Waals surface area (Å²) in [6, 6.07) is 9.17. The monoisotopic (exact) mass is 311 g/mol. The fourth-order valence-corrected chi connectivity index (χ4v) is 2.60. The van der Waals surface area contributed by atoms with Crippen LogP contribution in [-0.2, 0) is 5.54 Å². The molecular formula is C16H26BrN. The van der Waals surface area contributed by atoms with Gasteiger partial charge in [-0.1, -0.05) is 54.2 Å². The Kier molecular flexibility index (Phi) is 6.37. The lowest BCUT2D eigenvalue weighted by atomic mass is 9.93. The lowest BCUT2D eigenvalue weighted by molar-refractivity contribution is 0.336. The summed E-state index contributed by atoms with van der Waals surface area (Å²) in [7, 11) is 0. The first-order valence-electron chi connectivity index (χ1n) is 6.99. The summed E-state index contributed by atoms with van der Waals surface area (Å²) in [6.07, 6.45) is 5.21. The number of hydrogen-bond acceptors (Lipinski definition) is 1. The van der Waals surface area contributed by atoms with Crippen molar-refractivity contribution in [2.75, 3.05) is 0 Å². The third-order valence-corrected chi connectivity index (χ3v) is 3.94. The van der Waals surface area contributed by atoms with Crippen molar-refractivity contribution < 1.29 is 0 Å². The first kappa shape index (κ1) is 15.7. The molecule has 1 nitrogen and oxygen atoms in total. The number of hydrogen-bond donors (Lipinski definition) is 1. The number of rotatable bonds is 7. The lowest BCUT2D eigenvalue weighted by Gasteiger charge is -2.31. The first-order chi connectivity index (χ1) is 8.45. The van der Waals surface area contributed by atoms with Gasteiger partial charge in [0.15, 0.2) is 0 Å². The van der Waals surface area contributed by atoms with E-state index in [4.69, 9.17) is 0 Å². The maximum absolute atomic E-state index is 3.74. The Balaban J connectivity index is 2.55. The van der Waals surface area contributed by atoms with E-state index in [0.29, 0.717) is 6.04 Å². The minimum Gasteiger partial charge on any atom is -0.305 e. The smallest absolute Gasteiger partial charge is 0.0379 e. The molecule has 0 saturated carbocycles. The van der Waals surface area contributed by atoms with Gasteiger partial charge in [0.2, 0.25) is 0 Å². The second-order valence-electron chi connectivity index (χ2n) is 5.67. The molecule has 0 aliphatic rings. The highest BCUT2D eigenvalue weighted by atomic mass is 79.9. The zero-order chi connectivity index (χ0) is 13.6. The van der Waals surface area contributed by atoms with Crippen LogP contribution in [0.5, 0.6) is 0 Å². The summed E-state index contributed by atoms with van der Waals surface area (Å²) < 4.78 is 1.14. The van der Waals surface area contributed by atoms with Crippen LogP contribution < -0.4 is 5.32 Å². The van der Waals surface area contributed by atoms with Gasteiger partial charge in [-0.15, -0.1) is 0 Å². The average Bonchev–Trinajstić information content (AvgIpc) is 2.29. The molecule has 1 aromatic rings. The quantitative estimate of drug-likeness (QED) is 0.679. The van der Waals surface area contributed by atoms with Gasteiger partial charge in [0.25, 0.3) is 0 Å². The lowest BCUT2D eigenvalue weighted by Crippen LogP contribution is -2.42. The standard InChI is InChI=1S/C16H26BrN/c1-5-6-7-8-13(2)18-16(3,4)14-9-11-15(17)12-10-14/h9-13,18H,5-8H2,1-4H3. The van der Waals surface area contributed by atoms with E-state index in [2.05, 4.69) is 73.2 Å². The van der Waals surface area contributed by atoms with Gasteiger partial charge in [0.1, 0.15) is 0 Å². The topological polar surface area (TPSA) is 12.0 Å². The maximum Gasteiger partial charge on any atom is 0.0379 e. The van der Waals surface area contributed by atoms with Crippen molar-refractivity contribution in [2.45, 2.75) is 65.0 Å². The van der Waals surface area contributed by atoms with Crippen molar-refractivity contribution in [3.05, 3.63) is 34.3 Å². The molecule has 1 rings (SSSR count). The highest BCUT2D eigenvalue weighted by molar-refractivity contribution is 9.10. The molecule has 1 N–H and O–H groups in total. The van der Waals surface area contributed by atoms with Crippen molar-refractivity contribution in [1.82, 2.24) is 5.32 Å². The number of halogens is 1. The fourth-order valence-electron chi connectivity index (χ4n) is 2.34. The van der Waals surface area contributed by atoms with Gasteiger partial charge in [0.05, 0.1) is 0 Å². The minimum absolute atomic E-state index is 0.0341. The summed E-state index contributed by atoms with van der Waals surface area (Å²) in [5, 5.41) is 3.74. The Bertz CT molecular complexity index is 343. The molecule has 2 heteroatoms. The molecule has 1 unspecified atom stereocenters. The molecule has 1 aromatic carbocycles. The first-order valence-corrected chi connectivity index (χ1v) is 7.78. The molecule has 0 spiro atoms. The summed E-state index contributed by atoms with van der Waals surface area (Å²) in [6.45, 7) is 9.05. The minimum atomic E-state index is 0.0341. The van der Waals surface area contributed by atoms with Crippen LogP contribution in [0.3, 0.4) is 0 Å². The molecule has 0 saturated heterocycles. The molecule has 1 atom stereocenters. The molecule has 0 aliphatic carbocycles. The fraction of sp³-hybridized carbons (Fsp3) is 0.625. The van der Waals surface area contributed by atoms with Crippen LogP contribution in [0.25, 0.3) is 0 Å². The predicted octanol–water partition coefficient (Wildman–Crippen LogP) is 5.24. The van der Waals surface area contributed by atoms with Gasteiger partial charge in [-0.2, -0.15) is 0 Å². The molecule has 0 radical (unpaired) electrons. The van der Waals surface area contributed by atoms with E-state index in [1.54, 1.807) is 0 Å². The molecule has 0 amide bonds. The van der Waals surface area contributed by atoms with Gasteiger partial charge >= 0.3 is 0 Å². The van der Waals surface area contributed by atoms with Gasteiger partial charge in [-0.05, 0) is 44.9 Å². The van der Waals surface area contributed by atoms with Crippen LogP contribution in [0.2, 0.25) is 0 Å². The van der Waals surface area contributed by atoms with Gasteiger partial charge in [-0.3, -0.25) is 0 Å². The highest BCUT2D eigenvalue weighted by Gasteiger charge is 2.21. The van der Waals surface area contributed by atoms with Crippen molar-refractivity contribution in [1.29, 1.82) is 0 Å². The number of nitrogens with one attached hydrogen (secondary N) is 1.